The molecule has 0 amide bonds. The Bertz CT molecular complexity index is 875. The van der Waals surface area contributed by atoms with Crippen LogP contribution in [0.3, 0.4) is 0 Å². The Kier molecular flexibility index (Phi) is 4.09. The van der Waals surface area contributed by atoms with E-state index < -0.39 is 0 Å². The van der Waals surface area contributed by atoms with Crippen LogP contribution in [0, 0.1) is 0 Å². The summed E-state index contributed by atoms with van der Waals surface area (Å²) >= 11 is 3.49. The number of rotatable bonds is 3. The van der Waals surface area contributed by atoms with Crippen LogP contribution < -0.4 is 15.8 Å². The van der Waals surface area contributed by atoms with E-state index in [-0.39, 0.29) is 18.0 Å². The number of hydrogen-bond donors (Lipinski definition) is 2. The van der Waals surface area contributed by atoms with Crippen LogP contribution in [0.2, 0.25) is 0 Å². The summed E-state index contributed by atoms with van der Waals surface area (Å²) < 4.78 is 8.19. The number of anilines is 2. The second kappa shape index (κ2) is 6.40. The second-order valence-electron chi connectivity index (χ2n) is 6.01. The van der Waals surface area contributed by atoms with Crippen molar-refractivity contribution in [3.63, 3.8) is 0 Å². The molecule has 128 valence electrons. The van der Waals surface area contributed by atoms with Crippen molar-refractivity contribution in [1.82, 2.24) is 14.8 Å². The lowest BCUT2D eigenvalue weighted by Crippen LogP contribution is -2.28. The monoisotopic (exact) mass is 399 g/mol. The molecule has 7 heteroatoms. The molecule has 2 aromatic carbocycles. The fourth-order valence-electron chi connectivity index (χ4n) is 3.21. The first-order chi connectivity index (χ1) is 12.1. The van der Waals surface area contributed by atoms with Gasteiger partial charge in [0, 0.05) is 4.47 Å². The molecule has 0 bridgehead atoms. The number of nitrogen functional groups attached to an aromatic ring is 1. The summed E-state index contributed by atoms with van der Waals surface area (Å²) in [5.74, 6) is 1.80. The average Bonchev–Trinajstić information content (AvgIpc) is 3.01. The molecule has 1 aliphatic heterocycles. The highest BCUT2D eigenvalue weighted by molar-refractivity contribution is 9.10. The van der Waals surface area contributed by atoms with Crippen LogP contribution >= 0.6 is 15.9 Å². The van der Waals surface area contributed by atoms with Crippen molar-refractivity contribution >= 4 is 27.8 Å². The molecule has 3 N–H and O–H groups in total. The third-order valence-electron chi connectivity index (χ3n) is 4.48. The highest BCUT2D eigenvalue weighted by Gasteiger charge is 2.30. The molecule has 0 fully saturated rings. The van der Waals surface area contributed by atoms with Gasteiger partial charge in [-0.05, 0) is 41.8 Å². The van der Waals surface area contributed by atoms with Crippen molar-refractivity contribution in [1.29, 1.82) is 0 Å². The van der Waals surface area contributed by atoms with Gasteiger partial charge in [0.15, 0.2) is 0 Å². The van der Waals surface area contributed by atoms with Gasteiger partial charge < -0.3 is 15.8 Å². The maximum atomic E-state index is 5.84. The van der Waals surface area contributed by atoms with Crippen LogP contribution in [-0.4, -0.2) is 21.9 Å². The molecule has 0 spiro atoms. The number of ether oxygens (including phenoxy) is 1. The molecule has 0 radical (unpaired) electrons. The predicted octanol–water partition coefficient (Wildman–Crippen LogP) is 3.78. The van der Waals surface area contributed by atoms with Crippen molar-refractivity contribution in [3.05, 3.63) is 64.1 Å². The third-order valence-corrected chi connectivity index (χ3v) is 5.01. The molecule has 2 atom stereocenters. The number of aromatic nitrogens is 3. The number of benzene rings is 2. The zero-order valence-corrected chi connectivity index (χ0v) is 15.3. The van der Waals surface area contributed by atoms with Gasteiger partial charge >= 0.3 is 0 Å². The number of hydrogen-bond acceptors (Lipinski definition) is 5. The van der Waals surface area contributed by atoms with Gasteiger partial charge in [0.25, 0.3) is 0 Å². The maximum absolute atomic E-state index is 5.84. The molecular weight excluding hydrogens is 382 g/mol. The fourth-order valence-corrected chi connectivity index (χ4v) is 3.48. The largest absolute Gasteiger partial charge is 0.497 e. The second-order valence-corrected chi connectivity index (χ2v) is 6.93. The van der Waals surface area contributed by atoms with E-state index in [1.54, 1.807) is 7.11 Å². The zero-order valence-electron chi connectivity index (χ0n) is 13.7. The highest BCUT2D eigenvalue weighted by atomic mass is 79.9. The van der Waals surface area contributed by atoms with Gasteiger partial charge in [-0.2, -0.15) is 4.98 Å². The molecule has 0 unspecified atom stereocenters. The smallest absolute Gasteiger partial charge is 0.241 e. The molecule has 3 aromatic rings. The molecule has 25 heavy (non-hydrogen) atoms. The molecule has 6 nitrogen and oxygen atoms in total. The molecular formula is C18H18BrN5O. The minimum absolute atomic E-state index is 0.0561. The molecule has 1 aromatic heterocycles. The van der Waals surface area contributed by atoms with E-state index in [1.165, 1.54) is 5.56 Å². The lowest BCUT2D eigenvalue weighted by molar-refractivity contribution is 0.411. The summed E-state index contributed by atoms with van der Waals surface area (Å²) in [5, 5.41) is 7.82. The Morgan fingerprint density at radius 3 is 2.48 bits per heavy atom. The number of nitrogens with two attached hydrogens (primary N) is 1. The van der Waals surface area contributed by atoms with E-state index in [2.05, 4.69) is 55.6 Å². The topological polar surface area (TPSA) is 78.0 Å². The van der Waals surface area contributed by atoms with E-state index in [1.807, 2.05) is 28.9 Å². The van der Waals surface area contributed by atoms with Crippen LogP contribution in [0.15, 0.2) is 53.0 Å². The standard InChI is InChI=1S/C18H18BrN5O/c1-25-14-8-4-12(5-9-14)16-10-15(11-2-6-13(19)7-3-11)21-18-22-17(20)23-24(16)18/h2-9,15-16H,10H2,1H3,(H3,20,21,22,23)/t15-,16-/m0/s1. The van der Waals surface area contributed by atoms with Gasteiger partial charge in [-0.25, -0.2) is 4.68 Å². The van der Waals surface area contributed by atoms with Crippen LogP contribution in [0.1, 0.15) is 29.6 Å². The Balaban J connectivity index is 1.72. The number of nitrogens with zero attached hydrogens (tertiary/aromatic N) is 3. The van der Waals surface area contributed by atoms with E-state index >= 15 is 0 Å². The van der Waals surface area contributed by atoms with Crippen molar-refractivity contribution in [2.24, 2.45) is 0 Å². The zero-order chi connectivity index (χ0) is 17.4. The van der Waals surface area contributed by atoms with E-state index in [0.29, 0.717) is 5.95 Å². The first kappa shape index (κ1) is 16.0. The molecule has 2 heterocycles. The lowest BCUT2D eigenvalue weighted by Gasteiger charge is -2.31. The molecule has 4 rings (SSSR count). The summed E-state index contributed by atoms with van der Waals surface area (Å²) in [6, 6.07) is 16.6. The Labute approximate surface area is 154 Å². The Morgan fingerprint density at radius 2 is 1.80 bits per heavy atom. The van der Waals surface area contributed by atoms with Crippen LogP contribution in [0.4, 0.5) is 11.9 Å². The van der Waals surface area contributed by atoms with Gasteiger partial charge in [0.05, 0.1) is 19.2 Å². The van der Waals surface area contributed by atoms with Gasteiger partial charge in [-0.1, -0.05) is 40.2 Å². The van der Waals surface area contributed by atoms with Crippen molar-refractivity contribution in [2.75, 3.05) is 18.2 Å². The average molecular weight is 400 g/mol. The number of nitrogens with one attached hydrogen (secondary N) is 1. The lowest BCUT2D eigenvalue weighted by atomic mass is 9.93. The Hall–Kier alpha value is -2.54. The van der Waals surface area contributed by atoms with Crippen LogP contribution in [0.5, 0.6) is 5.75 Å². The fraction of sp³-hybridized carbons (Fsp3) is 0.222. The third kappa shape index (κ3) is 3.07. The summed E-state index contributed by atoms with van der Waals surface area (Å²) in [4.78, 5) is 4.34. The SMILES string of the molecule is COc1ccc([C@@H]2C[C@@H](c3ccc(Br)cc3)Nc3nc(N)nn32)cc1. The minimum Gasteiger partial charge on any atom is -0.497 e. The number of fused-ring (bicyclic) bond motifs is 1. The first-order valence-corrected chi connectivity index (χ1v) is 8.81. The highest BCUT2D eigenvalue weighted by Crippen LogP contribution is 2.38. The normalized spacial score (nSPS) is 19.1. The molecule has 0 saturated carbocycles. The molecule has 1 aliphatic rings. The Morgan fingerprint density at radius 1 is 1.12 bits per heavy atom. The predicted molar refractivity (Wildman–Crippen MR) is 101 cm³/mol. The first-order valence-electron chi connectivity index (χ1n) is 8.02. The maximum Gasteiger partial charge on any atom is 0.241 e. The van der Waals surface area contributed by atoms with Crippen molar-refractivity contribution < 1.29 is 4.74 Å². The number of halogens is 1. The van der Waals surface area contributed by atoms with Gasteiger partial charge in [0.1, 0.15) is 5.75 Å². The summed E-state index contributed by atoms with van der Waals surface area (Å²) in [6.45, 7) is 0. The quantitative estimate of drug-likeness (QED) is 0.700. The van der Waals surface area contributed by atoms with Crippen LogP contribution in [-0.2, 0) is 0 Å². The van der Waals surface area contributed by atoms with Crippen molar-refractivity contribution in [2.45, 2.75) is 18.5 Å². The van der Waals surface area contributed by atoms with E-state index in [9.17, 15) is 0 Å². The van der Waals surface area contributed by atoms with E-state index in [4.69, 9.17) is 10.5 Å². The summed E-state index contributed by atoms with van der Waals surface area (Å²) in [7, 11) is 1.67. The molecule has 0 aliphatic carbocycles. The van der Waals surface area contributed by atoms with Crippen LogP contribution in [0.25, 0.3) is 0 Å². The van der Waals surface area contributed by atoms with Gasteiger partial charge in [0.2, 0.25) is 11.9 Å². The van der Waals surface area contributed by atoms with Gasteiger partial charge in [-0.15, -0.1) is 5.10 Å². The minimum atomic E-state index is 0.0561. The number of methoxy groups -OCH3 is 1. The van der Waals surface area contributed by atoms with Gasteiger partial charge in [-0.3, -0.25) is 0 Å². The summed E-state index contributed by atoms with van der Waals surface area (Å²) in [5.41, 5.74) is 8.19. The summed E-state index contributed by atoms with van der Waals surface area (Å²) in [6.07, 6.45) is 0.851. The van der Waals surface area contributed by atoms with Crippen molar-refractivity contribution in [3.8, 4) is 5.75 Å². The van der Waals surface area contributed by atoms with E-state index in [0.717, 1.165) is 22.2 Å². The molecule has 0 saturated heterocycles.